The summed E-state index contributed by atoms with van der Waals surface area (Å²) in [5.74, 6) is 1.59. The van der Waals surface area contributed by atoms with E-state index in [0.717, 1.165) is 23.5 Å². The lowest BCUT2D eigenvalue weighted by atomic mass is 10.1. The Labute approximate surface area is 89.3 Å². The van der Waals surface area contributed by atoms with Gasteiger partial charge in [-0.25, -0.2) is 0 Å². The number of hydrogen-bond donors (Lipinski definition) is 0. The van der Waals surface area contributed by atoms with Crippen molar-refractivity contribution in [3.05, 3.63) is 36.4 Å². The van der Waals surface area contributed by atoms with Crippen LogP contribution in [0.3, 0.4) is 0 Å². The molecular formula is C12H14O3. The monoisotopic (exact) mass is 206 g/mol. The average Bonchev–Trinajstić information content (AvgIpc) is 2.72. The summed E-state index contributed by atoms with van der Waals surface area (Å²) < 4.78 is 15.9. The number of methoxy groups -OCH3 is 1. The first kappa shape index (κ1) is 10.1. The lowest BCUT2D eigenvalue weighted by molar-refractivity contribution is 0.106. The maximum Gasteiger partial charge on any atom is 0.231 e. The van der Waals surface area contributed by atoms with Crippen LogP contribution >= 0.6 is 0 Å². The fourth-order valence-corrected chi connectivity index (χ4v) is 1.63. The van der Waals surface area contributed by atoms with E-state index in [-0.39, 0.29) is 6.10 Å². The Balaban J connectivity index is 2.24. The summed E-state index contributed by atoms with van der Waals surface area (Å²) in [6, 6.07) is 5.86. The van der Waals surface area contributed by atoms with Gasteiger partial charge in [-0.15, -0.1) is 6.58 Å². The van der Waals surface area contributed by atoms with E-state index in [4.69, 9.17) is 14.2 Å². The fourth-order valence-electron chi connectivity index (χ4n) is 1.63. The van der Waals surface area contributed by atoms with Crippen molar-refractivity contribution in [3.63, 3.8) is 0 Å². The number of fused-ring (bicyclic) bond motifs is 1. The zero-order valence-corrected chi connectivity index (χ0v) is 8.73. The average molecular weight is 206 g/mol. The van der Waals surface area contributed by atoms with Crippen molar-refractivity contribution in [1.29, 1.82) is 0 Å². The quantitative estimate of drug-likeness (QED) is 0.709. The molecule has 0 saturated carbocycles. The second kappa shape index (κ2) is 4.36. The first-order valence-electron chi connectivity index (χ1n) is 4.88. The third-order valence-corrected chi connectivity index (χ3v) is 2.43. The van der Waals surface area contributed by atoms with Gasteiger partial charge in [0.05, 0.1) is 6.10 Å². The van der Waals surface area contributed by atoms with Crippen LogP contribution in [0.2, 0.25) is 0 Å². The molecule has 0 amide bonds. The van der Waals surface area contributed by atoms with E-state index < -0.39 is 0 Å². The predicted octanol–water partition coefficient (Wildman–Crippen LogP) is 2.68. The Kier molecular flexibility index (Phi) is 2.92. The van der Waals surface area contributed by atoms with Gasteiger partial charge < -0.3 is 14.2 Å². The van der Waals surface area contributed by atoms with Gasteiger partial charge >= 0.3 is 0 Å². The van der Waals surface area contributed by atoms with Crippen molar-refractivity contribution >= 4 is 0 Å². The van der Waals surface area contributed by atoms with E-state index in [0.29, 0.717) is 6.79 Å². The first-order valence-corrected chi connectivity index (χ1v) is 4.88. The van der Waals surface area contributed by atoms with Crippen LogP contribution in [0, 0.1) is 0 Å². The zero-order valence-electron chi connectivity index (χ0n) is 8.73. The SMILES string of the molecule is C=CCC(OC)c1ccc2c(c1)OCO2. The molecule has 0 aliphatic carbocycles. The minimum Gasteiger partial charge on any atom is -0.454 e. The first-order chi connectivity index (χ1) is 7.35. The van der Waals surface area contributed by atoms with Gasteiger partial charge in [-0.05, 0) is 24.1 Å². The van der Waals surface area contributed by atoms with Gasteiger partial charge in [0, 0.05) is 7.11 Å². The Hall–Kier alpha value is -1.48. The van der Waals surface area contributed by atoms with E-state index in [1.807, 2.05) is 24.3 Å². The second-order valence-electron chi connectivity index (χ2n) is 3.36. The number of benzene rings is 1. The minimum absolute atomic E-state index is 0.0389. The molecular weight excluding hydrogens is 192 g/mol. The third-order valence-electron chi connectivity index (χ3n) is 2.43. The molecule has 1 aliphatic heterocycles. The highest BCUT2D eigenvalue weighted by molar-refractivity contribution is 5.45. The highest BCUT2D eigenvalue weighted by Crippen LogP contribution is 2.35. The van der Waals surface area contributed by atoms with Gasteiger partial charge in [0.2, 0.25) is 6.79 Å². The lowest BCUT2D eigenvalue weighted by Crippen LogP contribution is -1.99. The molecule has 0 radical (unpaired) electrons. The highest BCUT2D eigenvalue weighted by atomic mass is 16.7. The Morgan fingerprint density at radius 3 is 3.00 bits per heavy atom. The van der Waals surface area contributed by atoms with Gasteiger partial charge in [-0.3, -0.25) is 0 Å². The van der Waals surface area contributed by atoms with E-state index in [1.54, 1.807) is 7.11 Å². The molecule has 2 rings (SSSR count). The van der Waals surface area contributed by atoms with Gasteiger partial charge in [-0.1, -0.05) is 12.1 Å². The van der Waals surface area contributed by atoms with Crippen molar-refractivity contribution in [3.8, 4) is 11.5 Å². The maximum atomic E-state index is 5.37. The standard InChI is InChI=1S/C12H14O3/c1-3-4-10(13-2)9-5-6-11-12(7-9)15-8-14-11/h3,5-7,10H,1,4,8H2,2H3. The molecule has 1 aliphatic rings. The Morgan fingerprint density at radius 1 is 1.47 bits per heavy atom. The summed E-state index contributed by atoms with van der Waals surface area (Å²) in [6.45, 7) is 4.01. The fraction of sp³-hybridized carbons (Fsp3) is 0.333. The molecule has 3 nitrogen and oxygen atoms in total. The van der Waals surface area contributed by atoms with Crippen molar-refractivity contribution in [1.82, 2.24) is 0 Å². The Morgan fingerprint density at radius 2 is 2.27 bits per heavy atom. The van der Waals surface area contributed by atoms with Gasteiger partial charge in [-0.2, -0.15) is 0 Å². The number of ether oxygens (including phenoxy) is 3. The van der Waals surface area contributed by atoms with Crippen molar-refractivity contribution < 1.29 is 14.2 Å². The topological polar surface area (TPSA) is 27.7 Å². The summed E-state index contributed by atoms with van der Waals surface area (Å²) >= 11 is 0. The van der Waals surface area contributed by atoms with Crippen molar-refractivity contribution in [2.45, 2.75) is 12.5 Å². The molecule has 1 aromatic carbocycles. The molecule has 0 spiro atoms. The molecule has 0 bridgehead atoms. The number of hydrogen-bond acceptors (Lipinski definition) is 3. The van der Waals surface area contributed by atoms with Crippen LogP contribution < -0.4 is 9.47 Å². The molecule has 0 aromatic heterocycles. The molecule has 1 heterocycles. The van der Waals surface area contributed by atoms with Gasteiger partial charge in [0.15, 0.2) is 11.5 Å². The predicted molar refractivity (Wildman–Crippen MR) is 57.1 cm³/mol. The van der Waals surface area contributed by atoms with Crippen LogP contribution in [0.5, 0.6) is 11.5 Å². The van der Waals surface area contributed by atoms with E-state index in [2.05, 4.69) is 6.58 Å². The van der Waals surface area contributed by atoms with Crippen LogP contribution in [0.25, 0.3) is 0 Å². The van der Waals surface area contributed by atoms with Gasteiger partial charge in [0.1, 0.15) is 0 Å². The third kappa shape index (κ3) is 1.97. The largest absolute Gasteiger partial charge is 0.454 e. The summed E-state index contributed by atoms with van der Waals surface area (Å²) in [5.41, 5.74) is 1.08. The minimum atomic E-state index is 0.0389. The second-order valence-corrected chi connectivity index (χ2v) is 3.36. The molecule has 1 atom stereocenters. The van der Waals surface area contributed by atoms with Crippen molar-refractivity contribution in [2.75, 3.05) is 13.9 Å². The molecule has 0 saturated heterocycles. The highest BCUT2D eigenvalue weighted by Gasteiger charge is 2.16. The summed E-state index contributed by atoms with van der Waals surface area (Å²) in [7, 11) is 1.69. The van der Waals surface area contributed by atoms with E-state index in [9.17, 15) is 0 Å². The van der Waals surface area contributed by atoms with Crippen LogP contribution in [0.15, 0.2) is 30.9 Å². The molecule has 80 valence electrons. The Bertz CT molecular complexity index is 360. The smallest absolute Gasteiger partial charge is 0.231 e. The number of rotatable bonds is 4. The molecule has 3 heteroatoms. The molecule has 1 aromatic rings. The summed E-state index contributed by atoms with van der Waals surface area (Å²) in [5, 5.41) is 0. The van der Waals surface area contributed by atoms with E-state index in [1.165, 1.54) is 0 Å². The van der Waals surface area contributed by atoms with Crippen LogP contribution in [0.1, 0.15) is 18.1 Å². The molecule has 1 unspecified atom stereocenters. The maximum absolute atomic E-state index is 5.37. The summed E-state index contributed by atoms with van der Waals surface area (Å²) in [4.78, 5) is 0. The molecule has 0 N–H and O–H groups in total. The summed E-state index contributed by atoms with van der Waals surface area (Å²) in [6.07, 6.45) is 2.67. The normalized spacial score (nSPS) is 15.0. The van der Waals surface area contributed by atoms with Crippen LogP contribution in [-0.2, 0) is 4.74 Å². The lowest BCUT2D eigenvalue weighted by Gasteiger charge is -2.13. The van der Waals surface area contributed by atoms with Crippen molar-refractivity contribution in [2.24, 2.45) is 0 Å². The molecule has 0 fully saturated rings. The molecule has 15 heavy (non-hydrogen) atoms. The van der Waals surface area contributed by atoms with Crippen LogP contribution in [0.4, 0.5) is 0 Å². The van der Waals surface area contributed by atoms with Gasteiger partial charge in [0.25, 0.3) is 0 Å². The van der Waals surface area contributed by atoms with E-state index >= 15 is 0 Å². The zero-order chi connectivity index (χ0) is 10.7. The van der Waals surface area contributed by atoms with Crippen LogP contribution in [-0.4, -0.2) is 13.9 Å².